The molecule has 0 saturated heterocycles. The van der Waals surface area contributed by atoms with E-state index in [-0.39, 0.29) is 36.3 Å². The van der Waals surface area contributed by atoms with E-state index in [0.29, 0.717) is 36.1 Å². The molecule has 0 aromatic heterocycles. The van der Waals surface area contributed by atoms with Crippen LogP contribution in [-0.2, 0) is 12.3 Å². The molecule has 2 aromatic rings. The van der Waals surface area contributed by atoms with E-state index < -0.39 is 6.10 Å². The van der Waals surface area contributed by atoms with E-state index in [0.717, 1.165) is 16.9 Å². The monoisotopic (exact) mass is 563 g/mol. The predicted octanol–water partition coefficient (Wildman–Crippen LogP) is 4.11. The number of guanidine groups is 1. The van der Waals surface area contributed by atoms with Gasteiger partial charge >= 0.3 is 0 Å². The molecule has 0 bridgehead atoms. The minimum absolute atomic E-state index is 0. The number of methoxy groups -OCH3 is 2. The summed E-state index contributed by atoms with van der Waals surface area (Å²) < 4.78 is 24.2. The van der Waals surface area contributed by atoms with Crippen molar-refractivity contribution in [3.63, 3.8) is 0 Å². The number of rotatable bonds is 10. The minimum atomic E-state index is -0.822. The van der Waals surface area contributed by atoms with Gasteiger partial charge in [0.15, 0.2) is 5.96 Å². The van der Waals surface area contributed by atoms with Crippen LogP contribution in [0.15, 0.2) is 41.4 Å². The fourth-order valence-electron chi connectivity index (χ4n) is 2.95. The number of ether oxygens (including phenoxy) is 2. The maximum atomic E-state index is 13.6. The summed E-state index contributed by atoms with van der Waals surface area (Å²) in [5, 5.41) is 17.0. The molecule has 172 valence electrons. The van der Waals surface area contributed by atoms with Gasteiger partial charge in [-0.3, -0.25) is 0 Å². The van der Waals surface area contributed by atoms with Crippen LogP contribution in [0.1, 0.15) is 29.7 Å². The molecule has 6 nitrogen and oxygen atoms in total. The molecule has 0 amide bonds. The maximum absolute atomic E-state index is 13.6. The van der Waals surface area contributed by atoms with Crippen molar-refractivity contribution >= 4 is 41.7 Å². The van der Waals surface area contributed by atoms with Crippen LogP contribution >= 0.6 is 35.7 Å². The molecule has 0 spiro atoms. The van der Waals surface area contributed by atoms with E-state index in [2.05, 4.69) is 15.6 Å². The smallest absolute Gasteiger partial charge is 0.191 e. The van der Waals surface area contributed by atoms with Gasteiger partial charge in [0.2, 0.25) is 0 Å². The number of aliphatic hydroxyl groups is 1. The van der Waals surface area contributed by atoms with Crippen molar-refractivity contribution in [2.24, 2.45) is 4.99 Å². The van der Waals surface area contributed by atoms with E-state index in [4.69, 9.17) is 9.47 Å². The molecule has 31 heavy (non-hydrogen) atoms. The molecular formula is C22H31FIN3O3S. The van der Waals surface area contributed by atoms with Gasteiger partial charge in [0.1, 0.15) is 17.3 Å². The summed E-state index contributed by atoms with van der Waals surface area (Å²) >= 11 is 1.64. The van der Waals surface area contributed by atoms with Gasteiger partial charge in [-0.05, 0) is 54.6 Å². The van der Waals surface area contributed by atoms with Crippen LogP contribution in [0.3, 0.4) is 0 Å². The fourth-order valence-corrected chi connectivity index (χ4v) is 3.53. The standard InChI is InChI=1S/C22H30FN3O3S.HI/c1-5-24-22(25-12-15-6-7-17(23)10-16(15)14-30-4)26-13-20(27)19-11-18(28-2)8-9-21(19)29-3;/h6-11,20,27H,5,12-14H2,1-4H3,(H2,24,25,26);1H. The highest BCUT2D eigenvalue weighted by Crippen LogP contribution is 2.29. The van der Waals surface area contributed by atoms with Crippen molar-refractivity contribution in [1.82, 2.24) is 10.6 Å². The molecular weight excluding hydrogens is 532 g/mol. The Hall–Kier alpha value is -1.72. The summed E-state index contributed by atoms with van der Waals surface area (Å²) in [7, 11) is 3.14. The van der Waals surface area contributed by atoms with Crippen molar-refractivity contribution in [3.8, 4) is 11.5 Å². The summed E-state index contributed by atoms with van der Waals surface area (Å²) in [6.07, 6.45) is 1.16. The third-order valence-electron chi connectivity index (χ3n) is 4.48. The maximum Gasteiger partial charge on any atom is 0.191 e. The van der Waals surface area contributed by atoms with Gasteiger partial charge in [-0.25, -0.2) is 9.38 Å². The van der Waals surface area contributed by atoms with Crippen LogP contribution in [0.4, 0.5) is 4.39 Å². The van der Waals surface area contributed by atoms with Crippen molar-refractivity contribution in [3.05, 3.63) is 58.9 Å². The summed E-state index contributed by atoms with van der Waals surface area (Å²) in [4.78, 5) is 4.59. The van der Waals surface area contributed by atoms with E-state index in [9.17, 15) is 9.50 Å². The van der Waals surface area contributed by atoms with E-state index in [1.54, 1.807) is 56.3 Å². The first-order valence-corrected chi connectivity index (χ1v) is 11.1. The molecule has 2 rings (SSSR count). The lowest BCUT2D eigenvalue weighted by Gasteiger charge is -2.18. The predicted molar refractivity (Wildman–Crippen MR) is 136 cm³/mol. The first-order chi connectivity index (χ1) is 14.5. The van der Waals surface area contributed by atoms with Crippen molar-refractivity contribution < 1.29 is 19.0 Å². The molecule has 0 saturated carbocycles. The number of hydrogen-bond acceptors (Lipinski definition) is 5. The first kappa shape index (κ1) is 27.3. The lowest BCUT2D eigenvalue weighted by Crippen LogP contribution is -2.39. The third kappa shape index (κ3) is 8.38. The van der Waals surface area contributed by atoms with Crippen LogP contribution in [0, 0.1) is 5.82 Å². The molecule has 2 aromatic carbocycles. The van der Waals surface area contributed by atoms with Gasteiger partial charge in [-0.2, -0.15) is 11.8 Å². The number of aliphatic hydroxyl groups excluding tert-OH is 1. The zero-order valence-corrected chi connectivity index (χ0v) is 21.4. The summed E-state index contributed by atoms with van der Waals surface area (Å²) in [5.74, 6) is 2.27. The van der Waals surface area contributed by atoms with Crippen molar-refractivity contribution in [2.45, 2.75) is 25.3 Å². The molecule has 0 aliphatic heterocycles. The van der Waals surface area contributed by atoms with Crippen LogP contribution in [0.25, 0.3) is 0 Å². The second kappa shape index (κ2) is 14.4. The first-order valence-electron chi connectivity index (χ1n) is 9.70. The molecule has 0 heterocycles. The third-order valence-corrected chi connectivity index (χ3v) is 5.08. The molecule has 0 aliphatic carbocycles. The lowest BCUT2D eigenvalue weighted by atomic mass is 10.1. The van der Waals surface area contributed by atoms with Crippen molar-refractivity contribution in [2.75, 3.05) is 33.6 Å². The second-order valence-corrected chi connectivity index (χ2v) is 7.41. The van der Waals surface area contributed by atoms with E-state index >= 15 is 0 Å². The lowest BCUT2D eigenvalue weighted by molar-refractivity contribution is 0.176. The molecule has 3 N–H and O–H groups in total. The number of hydrogen-bond donors (Lipinski definition) is 3. The van der Waals surface area contributed by atoms with Crippen LogP contribution in [0.2, 0.25) is 0 Å². The van der Waals surface area contributed by atoms with Crippen molar-refractivity contribution in [1.29, 1.82) is 0 Å². The number of thioether (sulfide) groups is 1. The Bertz CT molecular complexity index is 855. The van der Waals surface area contributed by atoms with Crippen LogP contribution in [0.5, 0.6) is 11.5 Å². The largest absolute Gasteiger partial charge is 0.497 e. The Morgan fingerprint density at radius 3 is 2.55 bits per heavy atom. The SMILES string of the molecule is CCNC(=NCc1ccc(F)cc1CSC)NCC(O)c1cc(OC)ccc1OC.I. The Kier molecular flexibility index (Phi) is 12.7. The van der Waals surface area contributed by atoms with Gasteiger partial charge in [0.25, 0.3) is 0 Å². The molecule has 1 atom stereocenters. The van der Waals surface area contributed by atoms with E-state index in [1.165, 1.54) is 6.07 Å². The van der Waals surface area contributed by atoms with Crippen LogP contribution < -0.4 is 20.1 Å². The normalized spacial score (nSPS) is 12.0. The van der Waals surface area contributed by atoms with E-state index in [1.807, 2.05) is 13.2 Å². The topological polar surface area (TPSA) is 75.1 Å². The van der Waals surface area contributed by atoms with Gasteiger partial charge in [0.05, 0.1) is 26.9 Å². The summed E-state index contributed by atoms with van der Waals surface area (Å²) in [5.41, 5.74) is 2.53. The highest BCUT2D eigenvalue weighted by molar-refractivity contribution is 14.0. The highest BCUT2D eigenvalue weighted by atomic mass is 127. The zero-order valence-electron chi connectivity index (χ0n) is 18.3. The number of aliphatic imine (C=N–C) groups is 1. The van der Waals surface area contributed by atoms with Gasteiger partial charge in [-0.1, -0.05) is 6.07 Å². The Labute approximate surface area is 205 Å². The van der Waals surface area contributed by atoms with Gasteiger partial charge in [-0.15, -0.1) is 24.0 Å². The number of halogens is 2. The average Bonchev–Trinajstić information content (AvgIpc) is 2.76. The molecule has 1 unspecified atom stereocenters. The number of benzene rings is 2. The molecule has 9 heteroatoms. The van der Waals surface area contributed by atoms with Gasteiger partial charge in [0, 0.05) is 24.4 Å². The van der Waals surface area contributed by atoms with Crippen LogP contribution in [-0.4, -0.2) is 44.6 Å². The highest BCUT2D eigenvalue weighted by Gasteiger charge is 2.15. The molecule has 0 fully saturated rings. The van der Waals surface area contributed by atoms with Gasteiger partial charge < -0.3 is 25.2 Å². The molecule has 0 radical (unpaired) electrons. The average molecular weight is 563 g/mol. The Balaban J connectivity index is 0.00000480. The Morgan fingerprint density at radius 1 is 1.13 bits per heavy atom. The second-order valence-electron chi connectivity index (χ2n) is 6.55. The summed E-state index contributed by atoms with van der Waals surface area (Å²) in [6.45, 7) is 3.28. The molecule has 0 aliphatic rings. The quantitative estimate of drug-likeness (QED) is 0.230. The summed E-state index contributed by atoms with van der Waals surface area (Å²) in [6, 6.07) is 10.1. The number of nitrogens with one attached hydrogen (secondary N) is 2. The zero-order chi connectivity index (χ0) is 21.9. The minimum Gasteiger partial charge on any atom is -0.497 e. The Morgan fingerprint density at radius 2 is 1.90 bits per heavy atom. The fraction of sp³-hybridized carbons (Fsp3) is 0.409. The number of nitrogens with zero attached hydrogens (tertiary/aromatic N) is 1.